The van der Waals surface area contributed by atoms with Gasteiger partial charge in [0.15, 0.2) is 11.5 Å². The van der Waals surface area contributed by atoms with Gasteiger partial charge in [0.1, 0.15) is 6.33 Å². The molecule has 24 heavy (non-hydrogen) atoms. The molecule has 0 saturated heterocycles. The Bertz CT molecular complexity index is 708. The highest BCUT2D eigenvalue weighted by Gasteiger charge is 2.27. The van der Waals surface area contributed by atoms with Crippen LogP contribution in [0.5, 0.6) is 17.4 Å². The van der Waals surface area contributed by atoms with E-state index in [0.717, 1.165) is 12.8 Å². The first-order valence-electron chi connectivity index (χ1n) is 7.59. The fraction of sp³-hybridized carbons (Fsp3) is 0.375. The SMILES string of the molecule is CCCCN(C)c1ncnc(Oc2ccccc2OC)c1[N+](=O)[O-]. The number of aromatic nitrogens is 2. The smallest absolute Gasteiger partial charge is 0.373 e. The standard InChI is InChI=1S/C16H20N4O4/c1-4-5-10-19(2)15-14(20(21)22)16(18-11-17-15)24-13-9-7-6-8-12(13)23-3/h6-9,11H,4-5,10H2,1-3H3. The van der Waals surface area contributed by atoms with Gasteiger partial charge in [-0.3, -0.25) is 10.1 Å². The number of unbranched alkanes of at least 4 members (excludes halogenated alkanes) is 1. The van der Waals surface area contributed by atoms with Gasteiger partial charge in [0, 0.05) is 13.6 Å². The molecule has 8 heteroatoms. The number of benzene rings is 1. The fourth-order valence-electron chi connectivity index (χ4n) is 2.18. The summed E-state index contributed by atoms with van der Waals surface area (Å²) in [7, 11) is 3.26. The van der Waals surface area contributed by atoms with Crippen LogP contribution in [0.3, 0.4) is 0 Å². The average molecular weight is 332 g/mol. The zero-order valence-corrected chi connectivity index (χ0v) is 13.9. The molecule has 0 aliphatic heterocycles. The average Bonchev–Trinajstić information content (AvgIpc) is 2.59. The maximum absolute atomic E-state index is 11.6. The number of hydrogen-bond acceptors (Lipinski definition) is 7. The van der Waals surface area contributed by atoms with Crippen LogP contribution in [0.25, 0.3) is 0 Å². The highest BCUT2D eigenvalue weighted by atomic mass is 16.6. The minimum atomic E-state index is -0.525. The molecule has 0 saturated carbocycles. The van der Waals surface area contributed by atoms with Crippen LogP contribution in [0.15, 0.2) is 30.6 Å². The molecule has 0 aliphatic carbocycles. The highest BCUT2D eigenvalue weighted by molar-refractivity contribution is 5.63. The van der Waals surface area contributed by atoms with E-state index >= 15 is 0 Å². The molecule has 0 N–H and O–H groups in total. The molecule has 0 aliphatic rings. The summed E-state index contributed by atoms with van der Waals surface area (Å²) in [5, 5.41) is 11.6. The number of hydrogen-bond donors (Lipinski definition) is 0. The monoisotopic (exact) mass is 332 g/mol. The van der Waals surface area contributed by atoms with Crippen LogP contribution in [0.2, 0.25) is 0 Å². The van der Waals surface area contributed by atoms with Gasteiger partial charge in [-0.2, -0.15) is 4.98 Å². The van der Waals surface area contributed by atoms with Crippen LogP contribution >= 0.6 is 0 Å². The second kappa shape index (κ2) is 8.09. The van der Waals surface area contributed by atoms with Gasteiger partial charge in [0.2, 0.25) is 5.82 Å². The van der Waals surface area contributed by atoms with Gasteiger partial charge in [0.25, 0.3) is 0 Å². The van der Waals surface area contributed by atoms with Gasteiger partial charge >= 0.3 is 11.6 Å². The van der Waals surface area contributed by atoms with Gasteiger partial charge in [0.05, 0.1) is 12.0 Å². The number of methoxy groups -OCH3 is 1. The maximum Gasteiger partial charge on any atom is 0.373 e. The molecule has 1 heterocycles. The second-order valence-corrected chi connectivity index (χ2v) is 5.14. The summed E-state index contributed by atoms with van der Waals surface area (Å²) >= 11 is 0. The van der Waals surface area contributed by atoms with E-state index in [1.165, 1.54) is 13.4 Å². The Morgan fingerprint density at radius 2 is 1.96 bits per heavy atom. The van der Waals surface area contributed by atoms with Crippen molar-refractivity contribution in [3.05, 3.63) is 40.7 Å². The van der Waals surface area contributed by atoms with E-state index in [2.05, 4.69) is 16.9 Å². The minimum absolute atomic E-state index is 0.113. The van der Waals surface area contributed by atoms with Crippen LogP contribution in [0, 0.1) is 10.1 Å². The first kappa shape index (κ1) is 17.5. The molecule has 128 valence electrons. The molecule has 1 aromatic heterocycles. The van der Waals surface area contributed by atoms with Crippen LogP contribution < -0.4 is 14.4 Å². The third kappa shape index (κ3) is 3.89. The third-order valence-electron chi connectivity index (χ3n) is 3.44. The number of ether oxygens (including phenoxy) is 2. The van der Waals surface area contributed by atoms with Gasteiger partial charge in [-0.1, -0.05) is 25.5 Å². The van der Waals surface area contributed by atoms with E-state index in [1.54, 1.807) is 36.2 Å². The molecule has 0 bridgehead atoms. The molecule has 2 rings (SSSR count). The lowest BCUT2D eigenvalue weighted by atomic mass is 10.3. The molecule has 0 fully saturated rings. The predicted molar refractivity (Wildman–Crippen MR) is 89.9 cm³/mol. The normalized spacial score (nSPS) is 10.3. The van der Waals surface area contributed by atoms with Crippen molar-refractivity contribution in [1.29, 1.82) is 0 Å². The summed E-state index contributed by atoms with van der Waals surface area (Å²) in [5.41, 5.74) is -0.262. The van der Waals surface area contributed by atoms with E-state index in [9.17, 15) is 10.1 Å². The first-order valence-corrected chi connectivity index (χ1v) is 7.59. The number of anilines is 1. The summed E-state index contributed by atoms with van der Waals surface area (Å²) in [6.45, 7) is 2.71. The van der Waals surface area contributed by atoms with Crippen molar-refractivity contribution in [2.45, 2.75) is 19.8 Å². The van der Waals surface area contributed by atoms with Gasteiger partial charge in [-0.05, 0) is 18.6 Å². The van der Waals surface area contributed by atoms with Crippen molar-refractivity contribution in [2.75, 3.05) is 25.6 Å². The largest absolute Gasteiger partial charge is 0.493 e. The van der Waals surface area contributed by atoms with Crippen molar-refractivity contribution < 1.29 is 14.4 Å². The molecule has 0 spiro atoms. The number of nitrogens with zero attached hydrogens (tertiary/aromatic N) is 4. The molecular formula is C16H20N4O4. The fourth-order valence-corrected chi connectivity index (χ4v) is 2.18. The topological polar surface area (TPSA) is 90.6 Å². The van der Waals surface area contributed by atoms with Crippen LogP contribution in [0.1, 0.15) is 19.8 Å². The Labute approximate surface area is 140 Å². The van der Waals surface area contributed by atoms with Crippen molar-refractivity contribution in [3.63, 3.8) is 0 Å². The summed E-state index contributed by atoms with van der Waals surface area (Å²) in [6, 6.07) is 6.89. The molecule has 0 atom stereocenters. The molecule has 1 aromatic carbocycles. The van der Waals surface area contributed by atoms with Gasteiger partial charge < -0.3 is 14.4 Å². The van der Waals surface area contributed by atoms with Crippen molar-refractivity contribution >= 4 is 11.5 Å². The van der Waals surface area contributed by atoms with Crippen molar-refractivity contribution in [2.24, 2.45) is 0 Å². The van der Waals surface area contributed by atoms with Crippen LogP contribution in [-0.4, -0.2) is 35.6 Å². The first-order chi connectivity index (χ1) is 11.6. The van der Waals surface area contributed by atoms with Crippen LogP contribution in [0.4, 0.5) is 11.5 Å². The Kier molecular flexibility index (Phi) is 5.89. The number of para-hydroxylation sites is 2. The van der Waals surface area contributed by atoms with Crippen LogP contribution in [-0.2, 0) is 0 Å². The molecule has 0 radical (unpaired) electrons. The Morgan fingerprint density at radius 3 is 2.58 bits per heavy atom. The lowest BCUT2D eigenvalue weighted by molar-refractivity contribution is -0.385. The molecular weight excluding hydrogens is 312 g/mol. The molecule has 2 aromatic rings. The lowest BCUT2D eigenvalue weighted by Crippen LogP contribution is -2.21. The summed E-state index contributed by atoms with van der Waals surface area (Å²) < 4.78 is 10.8. The Balaban J connectivity index is 2.41. The zero-order chi connectivity index (χ0) is 17.5. The number of rotatable bonds is 8. The van der Waals surface area contributed by atoms with E-state index in [0.29, 0.717) is 18.0 Å². The maximum atomic E-state index is 11.6. The minimum Gasteiger partial charge on any atom is -0.493 e. The van der Waals surface area contributed by atoms with E-state index in [-0.39, 0.29) is 17.4 Å². The third-order valence-corrected chi connectivity index (χ3v) is 3.44. The summed E-state index contributed by atoms with van der Waals surface area (Å²) in [6.07, 6.45) is 3.14. The van der Waals surface area contributed by atoms with Crippen molar-refractivity contribution in [1.82, 2.24) is 9.97 Å². The summed E-state index contributed by atoms with van der Waals surface area (Å²) in [5.74, 6) is 0.932. The van der Waals surface area contributed by atoms with Gasteiger partial charge in [-0.25, -0.2) is 4.98 Å². The predicted octanol–water partition coefficient (Wildman–Crippen LogP) is 3.42. The quantitative estimate of drug-likeness (QED) is 0.540. The van der Waals surface area contributed by atoms with E-state index < -0.39 is 4.92 Å². The summed E-state index contributed by atoms with van der Waals surface area (Å²) in [4.78, 5) is 20.8. The van der Waals surface area contributed by atoms with E-state index in [1.807, 2.05) is 0 Å². The Morgan fingerprint density at radius 1 is 1.25 bits per heavy atom. The van der Waals surface area contributed by atoms with Gasteiger partial charge in [-0.15, -0.1) is 0 Å². The molecule has 8 nitrogen and oxygen atoms in total. The highest BCUT2D eigenvalue weighted by Crippen LogP contribution is 2.38. The second-order valence-electron chi connectivity index (χ2n) is 5.14. The van der Waals surface area contributed by atoms with Crippen molar-refractivity contribution in [3.8, 4) is 17.4 Å². The lowest BCUT2D eigenvalue weighted by Gasteiger charge is -2.18. The number of nitro groups is 1. The Hall–Kier alpha value is -2.90. The van der Waals surface area contributed by atoms with E-state index in [4.69, 9.17) is 9.47 Å². The molecule has 0 amide bonds. The zero-order valence-electron chi connectivity index (χ0n) is 13.9. The molecule has 0 unspecified atom stereocenters.